The summed E-state index contributed by atoms with van der Waals surface area (Å²) < 4.78 is 10.9. The highest BCUT2D eigenvalue weighted by molar-refractivity contribution is 5.73. The van der Waals surface area contributed by atoms with Gasteiger partial charge in [-0.2, -0.15) is 0 Å². The van der Waals surface area contributed by atoms with E-state index in [0.717, 1.165) is 35.5 Å². The topological polar surface area (TPSA) is 77.3 Å². The third-order valence-electron chi connectivity index (χ3n) is 9.55. The van der Waals surface area contributed by atoms with Crippen LogP contribution in [0.25, 0.3) is 0 Å². The van der Waals surface area contributed by atoms with Crippen molar-refractivity contribution in [3.8, 4) is 0 Å². The second-order valence-corrected chi connectivity index (χ2v) is 12.1. The molecule has 2 amide bonds. The molecule has 0 aromatic heterocycles. The number of carbonyl (C=O) groups excluding carboxylic acids is 2. The summed E-state index contributed by atoms with van der Waals surface area (Å²) in [5.41, 5.74) is 0.303. The molecule has 6 heteroatoms. The Kier molecular flexibility index (Phi) is 4.51. The van der Waals surface area contributed by atoms with E-state index in [0.29, 0.717) is 13.2 Å². The standard InChI is InChI=1S/C24H34N2O4/c27-21(29-13-23-7-15-1-16(8-23)3-17(2-15)9-23)25-26-22(28)30-14-24-10-18-4-19(11-24)6-20(5-18)12-24/h15-20H,1-14H2/b26-25+. The van der Waals surface area contributed by atoms with Gasteiger partial charge in [-0.3, -0.25) is 0 Å². The summed E-state index contributed by atoms with van der Waals surface area (Å²) in [4.78, 5) is 24.2. The first-order valence-electron chi connectivity index (χ1n) is 12.2. The van der Waals surface area contributed by atoms with Gasteiger partial charge in [0.05, 0.1) is 13.2 Å². The fourth-order valence-electron chi connectivity index (χ4n) is 9.50. The fraction of sp³-hybridized carbons (Fsp3) is 0.917. The molecule has 6 nitrogen and oxygen atoms in total. The lowest BCUT2D eigenvalue weighted by Gasteiger charge is -2.56. The Morgan fingerprint density at radius 2 is 0.833 bits per heavy atom. The monoisotopic (exact) mass is 414 g/mol. The smallest absolute Gasteiger partial charge is 0.446 e. The quantitative estimate of drug-likeness (QED) is 0.517. The van der Waals surface area contributed by atoms with Crippen molar-refractivity contribution in [3.63, 3.8) is 0 Å². The van der Waals surface area contributed by atoms with Crippen LogP contribution in [-0.4, -0.2) is 25.4 Å². The van der Waals surface area contributed by atoms with Crippen LogP contribution < -0.4 is 0 Å². The van der Waals surface area contributed by atoms with Crippen LogP contribution in [0, 0.1) is 46.3 Å². The molecule has 8 fully saturated rings. The summed E-state index contributed by atoms with van der Waals surface area (Å²) >= 11 is 0. The number of hydrogen-bond acceptors (Lipinski definition) is 4. The summed E-state index contributed by atoms with van der Waals surface area (Å²) in [7, 11) is 0. The van der Waals surface area contributed by atoms with E-state index in [4.69, 9.17) is 9.47 Å². The Hall–Kier alpha value is -1.46. The Labute approximate surface area is 178 Å². The zero-order valence-corrected chi connectivity index (χ0v) is 17.9. The van der Waals surface area contributed by atoms with Gasteiger partial charge in [0, 0.05) is 10.8 Å². The van der Waals surface area contributed by atoms with Crippen LogP contribution in [0.2, 0.25) is 0 Å². The third-order valence-corrected chi connectivity index (χ3v) is 9.55. The van der Waals surface area contributed by atoms with Crippen LogP contribution in [0.1, 0.15) is 77.0 Å². The Bertz CT molecular complexity index is 628. The molecule has 0 unspecified atom stereocenters. The van der Waals surface area contributed by atoms with Crippen molar-refractivity contribution in [1.82, 2.24) is 0 Å². The van der Waals surface area contributed by atoms with Crippen LogP contribution in [0.4, 0.5) is 9.59 Å². The number of azo groups is 1. The molecule has 0 aromatic rings. The Morgan fingerprint density at radius 3 is 1.10 bits per heavy atom. The lowest BCUT2D eigenvalue weighted by Crippen LogP contribution is -2.48. The van der Waals surface area contributed by atoms with Gasteiger partial charge in [0.25, 0.3) is 0 Å². The van der Waals surface area contributed by atoms with Gasteiger partial charge in [0.2, 0.25) is 0 Å². The average molecular weight is 415 g/mol. The Morgan fingerprint density at radius 1 is 0.567 bits per heavy atom. The van der Waals surface area contributed by atoms with Crippen LogP contribution in [-0.2, 0) is 9.47 Å². The van der Waals surface area contributed by atoms with Crippen molar-refractivity contribution in [2.45, 2.75) is 77.0 Å². The van der Waals surface area contributed by atoms with E-state index in [1.165, 1.54) is 77.0 Å². The number of rotatable bonds is 4. The maximum Gasteiger partial charge on any atom is 0.452 e. The number of hydrogen-bond donors (Lipinski definition) is 0. The molecular formula is C24H34N2O4. The number of amides is 2. The normalized spacial score (nSPS) is 47.7. The highest BCUT2D eigenvalue weighted by atomic mass is 16.6. The average Bonchev–Trinajstić information content (AvgIpc) is 2.67. The molecule has 8 rings (SSSR count). The van der Waals surface area contributed by atoms with Crippen molar-refractivity contribution >= 4 is 12.2 Å². The van der Waals surface area contributed by atoms with Crippen LogP contribution >= 0.6 is 0 Å². The van der Waals surface area contributed by atoms with Crippen molar-refractivity contribution in [3.05, 3.63) is 0 Å². The third kappa shape index (κ3) is 3.58. The first-order valence-corrected chi connectivity index (χ1v) is 12.2. The van der Waals surface area contributed by atoms with Gasteiger partial charge in [-0.15, -0.1) is 0 Å². The minimum absolute atomic E-state index is 0.152. The molecule has 0 aromatic carbocycles. The number of nitrogens with zero attached hydrogens (tertiary/aromatic N) is 2. The second kappa shape index (κ2) is 7.03. The van der Waals surface area contributed by atoms with Gasteiger partial charge in [-0.25, -0.2) is 9.59 Å². The molecule has 0 N–H and O–H groups in total. The van der Waals surface area contributed by atoms with Crippen molar-refractivity contribution in [2.75, 3.05) is 13.2 Å². The molecule has 0 spiro atoms. The molecule has 0 aliphatic heterocycles. The summed E-state index contributed by atoms with van der Waals surface area (Å²) in [5, 5.41) is 6.99. The lowest BCUT2D eigenvalue weighted by molar-refractivity contribution is -0.0820. The lowest BCUT2D eigenvalue weighted by atomic mass is 9.50. The summed E-state index contributed by atoms with van der Waals surface area (Å²) in [5.74, 6) is 4.90. The molecule has 0 heterocycles. The number of ether oxygens (including phenoxy) is 2. The van der Waals surface area contributed by atoms with Crippen molar-refractivity contribution in [2.24, 2.45) is 56.6 Å². The van der Waals surface area contributed by atoms with E-state index in [1.807, 2.05) is 0 Å². The maximum atomic E-state index is 12.1. The molecule has 0 radical (unpaired) electrons. The van der Waals surface area contributed by atoms with E-state index in [1.54, 1.807) is 0 Å². The van der Waals surface area contributed by atoms with Crippen LogP contribution in [0.15, 0.2) is 10.2 Å². The fourth-order valence-corrected chi connectivity index (χ4v) is 9.50. The van der Waals surface area contributed by atoms with Gasteiger partial charge in [0.15, 0.2) is 0 Å². The van der Waals surface area contributed by atoms with Gasteiger partial charge in [-0.1, -0.05) is 10.2 Å². The highest BCUT2D eigenvalue weighted by Crippen LogP contribution is 2.61. The van der Waals surface area contributed by atoms with E-state index in [9.17, 15) is 9.59 Å². The van der Waals surface area contributed by atoms with Gasteiger partial charge in [0.1, 0.15) is 0 Å². The van der Waals surface area contributed by atoms with Crippen molar-refractivity contribution in [1.29, 1.82) is 0 Å². The predicted molar refractivity (Wildman–Crippen MR) is 109 cm³/mol. The first kappa shape index (κ1) is 19.2. The number of carbonyl (C=O) groups is 2. The predicted octanol–water partition coefficient (Wildman–Crippen LogP) is 6.14. The van der Waals surface area contributed by atoms with Gasteiger partial charge < -0.3 is 9.47 Å². The summed E-state index contributed by atoms with van der Waals surface area (Å²) in [6, 6.07) is 0. The molecule has 8 saturated carbocycles. The summed E-state index contributed by atoms with van der Waals surface area (Å²) in [6.45, 7) is 0.855. The van der Waals surface area contributed by atoms with E-state index < -0.39 is 12.2 Å². The molecule has 30 heavy (non-hydrogen) atoms. The molecule has 0 saturated heterocycles. The molecule has 8 aliphatic rings. The van der Waals surface area contributed by atoms with E-state index in [-0.39, 0.29) is 10.8 Å². The zero-order chi connectivity index (χ0) is 20.3. The maximum absolute atomic E-state index is 12.1. The SMILES string of the molecule is O=C(/N=N/C(=O)OCC12CC3CC(CC(C3)C1)C2)OCC12CC3CC(CC(C3)C1)C2. The molecular weight excluding hydrogens is 380 g/mol. The van der Waals surface area contributed by atoms with Crippen molar-refractivity contribution < 1.29 is 19.1 Å². The largest absolute Gasteiger partial charge is 0.452 e. The van der Waals surface area contributed by atoms with Gasteiger partial charge >= 0.3 is 12.2 Å². The summed E-state index contributed by atoms with van der Waals surface area (Å²) in [6.07, 6.45) is 13.7. The first-order chi connectivity index (χ1) is 14.5. The minimum Gasteiger partial charge on any atom is -0.446 e. The Balaban J connectivity index is 0.978. The highest BCUT2D eigenvalue weighted by Gasteiger charge is 2.52. The second-order valence-electron chi connectivity index (χ2n) is 12.1. The van der Waals surface area contributed by atoms with Crippen LogP contribution in [0.5, 0.6) is 0 Å². The molecule has 8 bridgehead atoms. The van der Waals surface area contributed by atoms with Gasteiger partial charge in [-0.05, 0) is 113 Å². The van der Waals surface area contributed by atoms with E-state index in [2.05, 4.69) is 10.2 Å². The van der Waals surface area contributed by atoms with Crippen LogP contribution in [0.3, 0.4) is 0 Å². The zero-order valence-electron chi connectivity index (χ0n) is 17.9. The molecule has 164 valence electrons. The minimum atomic E-state index is -0.752. The van der Waals surface area contributed by atoms with E-state index >= 15 is 0 Å². The molecule has 0 atom stereocenters. The molecule has 8 aliphatic carbocycles.